The highest BCUT2D eigenvalue weighted by molar-refractivity contribution is 5.35. The van der Waals surface area contributed by atoms with Crippen LogP contribution in [-0.4, -0.2) is 10.2 Å². The fourth-order valence-electron chi connectivity index (χ4n) is 2.51. The molecule has 1 heterocycles. The van der Waals surface area contributed by atoms with Crippen LogP contribution in [0.5, 0.6) is 11.5 Å². The standard InChI is InChI=1S/C19H20FN3O2/c1-12(21-13(2)19-23-22-14(3)24-19)15-9-10-18(17(20)11-15)25-16-7-5-4-6-8-16/h4-13,21H,1-3H3/t12-,13+/m0/s1. The first kappa shape index (κ1) is 17.1. The summed E-state index contributed by atoms with van der Waals surface area (Å²) in [5, 5.41) is 11.1. The topological polar surface area (TPSA) is 60.2 Å². The largest absolute Gasteiger partial charge is 0.454 e. The van der Waals surface area contributed by atoms with E-state index in [0.29, 0.717) is 17.5 Å². The lowest BCUT2D eigenvalue weighted by molar-refractivity contribution is 0.379. The summed E-state index contributed by atoms with van der Waals surface area (Å²) in [5.41, 5.74) is 0.806. The average Bonchev–Trinajstić information content (AvgIpc) is 3.04. The van der Waals surface area contributed by atoms with Gasteiger partial charge in [-0.3, -0.25) is 5.32 Å². The quantitative estimate of drug-likeness (QED) is 0.703. The van der Waals surface area contributed by atoms with Crippen LogP contribution in [0.15, 0.2) is 52.9 Å². The Labute approximate surface area is 145 Å². The van der Waals surface area contributed by atoms with Crippen LogP contribution in [0.4, 0.5) is 4.39 Å². The Morgan fingerprint density at radius 3 is 2.44 bits per heavy atom. The molecule has 0 aliphatic carbocycles. The van der Waals surface area contributed by atoms with Crippen molar-refractivity contribution in [2.75, 3.05) is 0 Å². The lowest BCUT2D eigenvalue weighted by Gasteiger charge is -2.18. The summed E-state index contributed by atoms with van der Waals surface area (Å²) in [6.07, 6.45) is 0. The average molecular weight is 341 g/mol. The summed E-state index contributed by atoms with van der Waals surface area (Å²) in [4.78, 5) is 0. The molecular weight excluding hydrogens is 321 g/mol. The van der Waals surface area contributed by atoms with Crippen LogP contribution < -0.4 is 10.1 Å². The van der Waals surface area contributed by atoms with Gasteiger partial charge in [0.25, 0.3) is 0 Å². The first-order valence-corrected chi connectivity index (χ1v) is 8.11. The zero-order valence-electron chi connectivity index (χ0n) is 14.4. The number of halogens is 1. The molecule has 5 nitrogen and oxygen atoms in total. The number of aryl methyl sites for hydroxylation is 1. The number of ether oxygens (including phenoxy) is 1. The van der Waals surface area contributed by atoms with E-state index < -0.39 is 5.82 Å². The number of nitrogens with one attached hydrogen (secondary N) is 1. The van der Waals surface area contributed by atoms with Crippen LogP contribution in [0.3, 0.4) is 0 Å². The second-order valence-corrected chi connectivity index (χ2v) is 5.87. The minimum absolute atomic E-state index is 0.0949. The molecule has 2 aromatic carbocycles. The number of rotatable bonds is 6. The third-order valence-corrected chi connectivity index (χ3v) is 3.84. The predicted octanol–water partition coefficient (Wildman–Crippen LogP) is 4.72. The van der Waals surface area contributed by atoms with E-state index >= 15 is 0 Å². The molecular formula is C19H20FN3O2. The Bertz CT molecular complexity index is 836. The van der Waals surface area contributed by atoms with Crippen LogP contribution in [0.1, 0.15) is 43.3 Å². The van der Waals surface area contributed by atoms with Gasteiger partial charge >= 0.3 is 0 Å². The van der Waals surface area contributed by atoms with Gasteiger partial charge in [0.2, 0.25) is 11.8 Å². The Morgan fingerprint density at radius 1 is 1.04 bits per heavy atom. The van der Waals surface area contributed by atoms with Gasteiger partial charge in [0.1, 0.15) is 5.75 Å². The van der Waals surface area contributed by atoms with Gasteiger partial charge in [-0.15, -0.1) is 10.2 Å². The molecule has 0 amide bonds. The minimum Gasteiger partial charge on any atom is -0.454 e. The molecule has 0 spiro atoms. The normalized spacial score (nSPS) is 13.4. The maximum absolute atomic E-state index is 14.4. The van der Waals surface area contributed by atoms with Crippen molar-refractivity contribution in [1.29, 1.82) is 0 Å². The smallest absolute Gasteiger partial charge is 0.233 e. The van der Waals surface area contributed by atoms with Crippen LogP contribution in [-0.2, 0) is 0 Å². The molecule has 3 aromatic rings. The van der Waals surface area contributed by atoms with Crippen molar-refractivity contribution in [2.45, 2.75) is 32.9 Å². The first-order chi connectivity index (χ1) is 12.0. The van der Waals surface area contributed by atoms with Gasteiger partial charge in [-0.2, -0.15) is 0 Å². The van der Waals surface area contributed by atoms with E-state index in [2.05, 4.69) is 15.5 Å². The van der Waals surface area contributed by atoms with Gasteiger partial charge in [0.15, 0.2) is 11.6 Å². The summed E-state index contributed by atoms with van der Waals surface area (Å²) in [7, 11) is 0. The molecule has 1 aromatic heterocycles. The van der Waals surface area contributed by atoms with Crippen molar-refractivity contribution in [2.24, 2.45) is 0 Å². The van der Waals surface area contributed by atoms with Gasteiger partial charge in [-0.1, -0.05) is 24.3 Å². The molecule has 0 unspecified atom stereocenters. The first-order valence-electron chi connectivity index (χ1n) is 8.11. The summed E-state index contributed by atoms with van der Waals surface area (Å²) in [5.74, 6) is 1.42. The third kappa shape index (κ3) is 4.22. The molecule has 0 saturated carbocycles. The maximum Gasteiger partial charge on any atom is 0.233 e. The maximum atomic E-state index is 14.4. The number of para-hydroxylation sites is 1. The highest BCUT2D eigenvalue weighted by Crippen LogP contribution is 2.27. The summed E-state index contributed by atoms with van der Waals surface area (Å²) in [6, 6.07) is 13.8. The molecule has 2 atom stereocenters. The van der Waals surface area contributed by atoms with Gasteiger partial charge in [-0.25, -0.2) is 4.39 Å². The van der Waals surface area contributed by atoms with E-state index in [1.54, 1.807) is 25.1 Å². The monoisotopic (exact) mass is 341 g/mol. The molecule has 6 heteroatoms. The zero-order chi connectivity index (χ0) is 17.8. The molecule has 0 aliphatic heterocycles. The van der Waals surface area contributed by atoms with Crippen molar-refractivity contribution in [3.05, 3.63) is 71.7 Å². The summed E-state index contributed by atoms with van der Waals surface area (Å²) < 4.78 is 25.3. The van der Waals surface area contributed by atoms with Crippen molar-refractivity contribution in [3.8, 4) is 11.5 Å². The van der Waals surface area contributed by atoms with Crippen molar-refractivity contribution >= 4 is 0 Å². The minimum atomic E-state index is -0.406. The van der Waals surface area contributed by atoms with Crippen LogP contribution in [0.25, 0.3) is 0 Å². The number of benzene rings is 2. The van der Waals surface area contributed by atoms with E-state index in [4.69, 9.17) is 9.15 Å². The van der Waals surface area contributed by atoms with Crippen molar-refractivity contribution in [1.82, 2.24) is 15.5 Å². The number of aromatic nitrogens is 2. The Kier molecular flexibility index (Phi) is 5.09. The van der Waals surface area contributed by atoms with E-state index in [0.717, 1.165) is 5.56 Å². The van der Waals surface area contributed by atoms with E-state index in [1.807, 2.05) is 38.1 Å². The third-order valence-electron chi connectivity index (χ3n) is 3.84. The number of nitrogens with zero attached hydrogens (tertiary/aromatic N) is 2. The van der Waals surface area contributed by atoms with Crippen LogP contribution in [0.2, 0.25) is 0 Å². The molecule has 0 saturated heterocycles. The highest BCUT2D eigenvalue weighted by atomic mass is 19.1. The summed E-state index contributed by atoms with van der Waals surface area (Å²) in [6.45, 7) is 5.62. The molecule has 0 aliphatic rings. The highest BCUT2D eigenvalue weighted by Gasteiger charge is 2.17. The van der Waals surface area contributed by atoms with Crippen molar-refractivity contribution < 1.29 is 13.5 Å². The fraction of sp³-hybridized carbons (Fsp3) is 0.263. The molecule has 0 fully saturated rings. The molecule has 3 rings (SSSR count). The number of hydrogen-bond donors (Lipinski definition) is 1. The van der Waals surface area contributed by atoms with Crippen LogP contribution in [0, 0.1) is 12.7 Å². The van der Waals surface area contributed by atoms with Crippen LogP contribution >= 0.6 is 0 Å². The fourth-order valence-corrected chi connectivity index (χ4v) is 2.51. The zero-order valence-corrected chi connectivity index (χ0v) is 14.4. The van der Waals surface area contributed by atoms with Gasteiger partial charge < -0.3 is 9.15 Å². The Hall–Kier alpha value is -2.73. The number of hydrogen-bond acceptors (Lipinski definition) is 5. The van der Waals surface area contributed by atoms with E-state index in [-0.39, 0.29) is 17.8 Å². The summed E-state index contributed by atoms with van der Waals surface area (Å²) >= 11 is 0. The van der Waals surface area contributed by atoms with E-state index in [9.17, 15) is 4.39 Å². The molecule has 130 valence electrons. The Morgan fingerprint density at radius 2 is 1.80 bits per heavy atom. The van der Waals surface area contributed by atoms with Gasteiger partial charge in [-0.05, 0) is 43.7 Å². The molecule has 0 bridgehead atoms. The molecule has 25 heavy (non-hydrogen) atoms. The molecule has 0 radical (unpaired) electrons. The second-order valence-electron chi connectivity index (χ2n) is 5.87. The Balaban J connectivity index is 1.69. The second kappa shape index (κ2) is 7.44. The van der Waals surface area contributed by atoms with E-state index in [1.165, 1.54) is 6.07 Å². The predicted molar refractivity (Wildman–Crippen MR) is 91.9 cm³/mol. The SMILES string of the molecule is Cc1nnc([C@@H](C)N[C@@H](C)c2ccc(Oc3ccccc3)c(F)c2)o1. The molecule has 1 N–H and O–H groups in total. The van der Waals surface area contributed by atoms with Gasteiger partial charge in [0, 0.05) is 13.0 Å². The lowest BCUT2D eigenvalue weighted by atomic mass is 10.1. The lowest BCUT2D eigenvalue weighted by Crippen LogP contribution is -2.22. The van der Waals surface area contributed by atoms with Gasteiger partial charge in [0.05, 0.1) is 6.04 Å². The van der Waals surface area contributed by atoms with Crippen molar-refractivity contribution in [3.63, 3.8) is 0 Å².